The lowest BCUT2D eigenvalue weighted by atomic mass is 10.2. The molecule has 3 aromatic rings. The van der Waals surface area contributed by atoms with Gasteiger partial charge in [0.15, 0.2) is 22.5 Å². The van der Waals surface area contributed by atoms with E-state index in [0.29, 0.717) is 5.75 Å². The summed E-state index contributed by atoms with van der Waals surface area (Å²) < 4.78 is 25.8. The Morgan fingerprint density at radius 1 is 1.04 bits per heavy atom. The standard InChI is InChI=1S/C18H18FN3O2S/c1-22-17(13-5-7-14(23-2)8-6-13)20-21-18(22)25-11-12-4-9-16(24-3)15(19)10-12/h4-10H,11H2,1-3H3. The first-order chi connectivity index (χ1) is 12.1. The van der Waals surface area contributed by atoms with Crippen molar-refractivity contribution in [1.29, 1.82) is 0 Å². The van der Waals surface area contributed by atoms with Gasteiger partial charge in [0.25, 0.3) is 0 Å². The van der Waals surface area contributed by atoms with E-state index in [9.17, 15) is 4.39 Å². The van der Waals surface area contributed by atoms with E-state index in [0.717, 1.165) is 27.9 Å². The molecule has 0 aliphatic carbocycles. The molecular formula is C18H18FN3O2S. The van der Waals surface area contributed by atoms with E-state index in [-0.39, 0.29) is 11.6 Å². The van der Waals surface area contributed by atoms with Gasteiger partial charge in [-0.2, -0.15) is 0 Å². The molecule has 0 amide bonds. The zero-order valence-corrected chi connectivity index (χ0v) is 15.0. The molecule has 0 radical (unpaired) electrons. The maximum atomic E-state index is 13.8. The summed E-state index contributed by atoms with van der Waals surface area (Å²) in [4.78, 5) is 0. The molecule has 1 heterocycles. The second-order valence-electron chi connectivity index (χ2n) is 5.35. The first-order valence-electron chi connectivity index (χ1n) is 7.61. The highest BCUT2D eigenvalue weighted by Crippen LogP contribution is 2.27. The van der Waals surface area contributed by atoms with E-state index in [1.54, 1.807) is 13.2 Å². The summed E-state index contributed by atoms with van der Waals surface area (Å²) in [6, 6.07) is 12.6. The predicted octanol–water partition coefficient (Wildman–Crippen LogP) is 3.93. The topological polar surface area (TPSA) is 49.2 Å². The van der Waals surface area contributed by atoms with E-state index in [1.807, 2.05) is 41.9 Å². The lowest BCUT2D eigenvalue weighted by molar-refractivity contribution is 0.386. The van der Waals surface area contributed by atoms with Gasteiger partial charge < -0.3 is 14.0 Å². The Morgan fingerprint density at radius 2 is 1.80 bits per heavy atom. The molecule has 0 fully saturated rings. The number of ether oxygens (including phenoxy) is 2. The maximum Gasteiger partial charge on any atom is 0.191 e. The van der Waals surface area contributed by atoms with Crippen molar-refractivity contribution in [1.82, 2.24) is 14.8 Å². The molecule has 5 nitrogen and oxygen atoms in total. The van der Waals surface area contributed by atoms with Crippen molar-refractivity contribution >= 4 is 11.8 Å². The molecule has 25 heavy (non-hydrogen) atoms. The van der Waals surface area contributed by atoms with Crippen molar-refractivity contribution in [2.45, 2.75) is 10.9 Å². The molecule has 0 unspecified atom stereocenters. The third-order valence-electron chi connectivity index (χ3n) is 3.77. The average Bonchev–Trinajstić information content (AvgIpc) is 3.01. The third-order valence-corrected chi connectivity index (χ3v) is 4.86. The number of hydrogen-bond acceptors (Lipinski definition) is 5. The summed E-state index contributed by atoms with van der Waals surface area (Å²) in [6.07, 6.45) is 0. The Bertz CT molecular complexity index is 865. The van der Waals surface area contributed by atoms with Crippen LogP contribution < -0.4 is 9.47 Å². The van der Waals surface area contributed by atoms with Crippen molar-refractivity contribution in [3.63, 3.8) is 0 Å². The molecular weight excluding hydrogens is 341 g/mol. The molecule has 2 aromatic carbocycles. The quantitative estimate of drug-likeness (QED) is 0.624. The van der Waals surface area contributed by atoms with Crippen LogP contribution in [0.25, 0.3) is 11.4 Å². The average molecular weight is 359 g/mol. The third kappa shape index (κ3) is 3.76. The molecule has 0 N–H and O–H groups in total. The van der Waals surface area contributed by atoms with Crippen LogP contribution in [0.5, 0.6) is 11.5 Å². The summed E-state index contributed by atoms with van der Waals surface area (Å²) >= 11 is 1.50. The van der Waals surface area contributed by atoms with Crippen LogP contribution in [0.15, 0.2) is 47.6 Å². The number of halogens is 1. The minimum Gasteiger partial charge on any atom is -0.497 e. The van der Waals surface area contributed by atoms with Crippen LogP contribution in [0.4, 0.5) is 4.39 Å². The van der Waals surface area contributed by atoms with Crippen LogP contribution in [0.3, 0.4) is 0 Å². The van der Waals surface area contributed by atoms with Crippen molar-refractivity contribution in [2.75, 3.05) is 14.2 Å². The summed E-state index contributed by atoms with van der Waals surface area (Å²) in [5.74, 6) is 2.04. The zero-order valence-electron chi connectivity index (χ0n) is 14.2. The van der Waals surface area contributed by atoms with Crippen molar-refractivity contribution in [3.8, 4) is 22.9 Å². The van der Waals surface area contributed by atoms with Gasteiger partial charge in [0.1, 0.15) is 5.75 Å². The monoisotopic (exact) mass is 359 g/mol. The lowest BCUT2D eigenvalue weighted by Gasteiger charge is -2.06. The van der Waals surface area contributed by atoms with Gasteiger partial charge in [0.05, 0.1) is 14.2 Å². The number of rotatable bonds is 6. The van der Waals surface area contributed by atoms with Crippen LogP contribution in [-0.2, 0) is 12.8 Å². The molecule has 3 rings (SSSR count). The van der Waals surface area contributed by atoms with Gasteiger partial charge in [-0.1, -0.05) is 17.8 Å². The fraction of sp³-hybridized carbons (Fsp3) is 0.222. The number of aromatic nitrogens is 3. The largest absolute Gasteiger partial charge is 0.497 e. The van der Waals surface area contributed by atoms with E-state index in [1.165, 1.54) is 24.9 Å². The molecule has 0 atom stereocenters. The van der Waals surface area contributed by atoms with Crippen LogP contribution in [0, 0.1) is 5.82 Å². The van der Waals surface area contributed by atoms with Gasteiger partial charge in [-0.15, -0.1) is 10.2 Å². The first-order valence-corrected chi connectivity index (χ1v) is 8.60. The van der Waals surface area contributed by atoms with Gasteiger partial charge in [-0.25, -0.2) is 4.39 Å². The van der Waals surface area contributed by atoms with Crippen molar-refractivity contribution in [2.24, 2.45) is 7.05 Å². The minimum atomic E-state index is -0.363. The summed E-state index contributed by atoms with van der Waals surface area (Å²) in [5.41, 5.74) is 1.82. The van der Waals surface area contributed by atoms with E-state index < -0.39 is 0 Å². The Hall–Kier alpha value is -2.54. The fourth-order valence-corrected chi connectivity index (χ4v) is 3.23. The molecule has 0 saturated carbocycles. The second-order valence-corrected chi connectivity index (χ2v) is 6.29. The number of hydrogen-bond donors (Lipinski definition) is 0. The van der Waals surface area contributed by atoms with Crippen LogP contribution in [0.2, 0.25) is 0 Å². The Morgan fingerprint density at radius 3 is 2.44 bits per heavy atom. The number of benzene rings is 2. The molecule has 1 aromatic heterocycles. The second kappa shape index (κ2) is 7.57. The molecule has 0 bridgehead atoms. The van der Waals surface area contributed by atoms with Gasteiger partial charge >= 0.3 is 0 Å². The number of nitrogens with zero attached hydrogens (tertiary/aromatic N) is 3. The normalized spacial score (nSPS) is 10.7. The fourth-order valence-electron chi connectivity index (χ4n) is 2.38. The zero-order chi connectivity index (χ0) is 17.8. The molecule has 0 saturated heterocycles. The molecule has 0 spiro atoms. The van der Waals surface area contributed by atoms with Crippen LogP contribution in [-0.4, -0.2) is 29.0 Å². The lowest BCUT2D eigenvalue weighted by Crippen LogP contribution is -1.95. The number of methoxy groups -OCH3 is 2. The van der Waals surface area contributed by atoms with Gasteiger partial charge in [0.2, 0.25) is 0 Å². The smallest absolute Gasteiger partial charge is 0.191 e. The minimum absolute atomic E-state index is 0.245. The van der Waals surface area contributed by atoms with Gasteiger partial charge in [0, 0.05) is 18.4 Å². The van der Waals surface area contributed by atoms with Crippen LogP contribution >= 0.6 is 11.8 Å². The Labute approximate surface area is 149 Å². The SMILES string of the molecule is COc1ccc(-c2nnc(SCc3ccc(OC)c(F)c3)n2C)cc1. The number of thioether (sulfide) groups is 1. The summed E-state index contributed by atoms with van der Waals surface area (Å²) in [6.45, 7) is 0. The first kappa shape index (κ1) is 17.3. The van der Waals surface area contributed by atoms with Crippen molar-refractivity contribution < 1.29 is 13.9 Å². The van der Waals surface area contributed by atoms with Gasteiger partial charge in [-0.3, -0.25) is 0 Å². The van der Waals surface area contributed by atoms with E-state index in [2.05, 4.69) is 10.2 Å². The maximum absolute atomic E-state index is 13.8. The molecule has 0 aliphatic heterocycles. The van der Waals surface area contributed by atoms with E-state index in [4.69, 9.17) is 9.47 Å². The Balaban J connectivity index is 1.73. The molecule has 7 heteroatoms. The molecule has 130 valence electrons. The summed E-state index contributed by atoms with van der Waals surface area (Å²) in [7, 11) is 5.00. The summed E-state index contributed by atoms with van der Waals surface area (Å²) in [5, 5.41) is 9.25. The van der Waals surface area contributed by atoms with Crippen LogP contribution in [0.1, 0.15) is 5.56 Å². The predicted molar refractivity (Wildman–Crippen MR) is 95.5 cm³/mol. The van der Waals surface area contributed by atoms with E-state index >= 15 is 0 Å². The van der Waals surface area contributed by atoms with Crippen molar-refractivity contribution in [3.05, 3.63) is 53.8 Å². The Kier molecular flexibility index (Phi) is 5.23. The molecule has 0 aliphatic rings. The highest BCUT2D eigenvalue weighted by molar-refractivity contribution is 7.98. The highest BCUT2D eigenvalue weighted by Gasteiger charge is 2.12. The van der Waals surface area contributed by atoms with Gasteiger partial charge in [-0.05, 0) is 42.0 Å². The highest BCUT2D eigenvalue weighted by atomic mass is 32.2.